The van der Waals surface area contributed by atoms with Gasteiger partial charge in [0, 0.05) is 44.8 Å². The van der Waals surface area contributed by atoms with E-state index in [2.05, 4.69) is 42.9 Å². The molecule has 0 aromatic carbocycles. The highest BCUT2D eigenvalue weighted by Crippen LogP contribution is 2.38. The second-order valence-electron chi connectivity index (χ2n) is 7.31. The van der Waals surface area contributed by atoms with Crippen molar-refractivity contribution in [3.8, 4) is 0 Å². The van der Waals surface area contributed by atoms with Gasteiger partial charge < -0.3 is 10.2 Å². The van der Waals surface area contributed by atoms with E-state index in [4.69, 9.17) is 0 Å². The molecule has 2 aliphatic rings. The molecule has 2 fully saturated rings. The molecule has 1 saturated heterocycles. The summed E-state index contributed by atoms with van der Waals surface area (Å²) in [6.45, 7) is 13.1. The molecule has 1 aliphatic carbocycles. The largest absolute Gasteiger partial charge is 0.314 e. The van der Waals surface area contributed by atoms with Crippen LogP contribution < -0.4 is 5.32 Å². The SMILES string of the molecule is CC(C)NCC1(CN2CCN(C)C(C)C2)CCCC1. The molecule has 19 heavy (non-hydrogen) atoms. The Morgan fingerprint density at radius 2 is 1.89 bits per heavy atom. The maximum absolute atomic E-state index is 3.70. The van der Waals surface area contributed by atoms with Crippen LogP contribution >= 0.6 is 0 Å². The Morgan fingerprint density at radius 3 is 2.47 bits per heavy atom. The summed E-state index contributed by atoms with van der Waals surface area (Å²) in [7, 11) is 2.26. The molecule has 0 amide bonds. The lowest BCUT2D eigenvalue weighted by Gasteiger charge is -2.42. The van der Waals surface area contributed by atoms with Crippen molar-refractivity contribution < 1.29 is 0 Å². The van der Waals surface area contributed by atoms with Gasteiger partial charge in [0.1, 0.15) is 0 Å². The topological polar surface area (TPSA) is 18.5 Å². The van der Waals surface area contributed by atoms with E-state index in [0.717, 1.165) is 0 Å². The third-order valence-corrected chi connectivity index (χ3v) is 5.15. The first-order valence-electron chi connectivity index (χ1n) is 8.17. The van der Waals surface area contributed by atoms with Crippen molar-refractivity contribution in [1.29, 1.82) is 0 Å². The number of hydrogen-bond donors (Lipinski definition) is 1. The van der Waals surface area contributed by atoms with Crippen molar-refractivity contribution in [2.75, 3.05) is 39.8 Å². The van der Waals surface area contributed by atoms with Crippen LogP contribution in [0.4, 0.5) is 0 Å². The van der Waals surface area contributed by atoms with Gasteiger partial charge in [-0.05, 0) is 32.2 Å². The van der Waals surface area contributed by atoms with Gasteiger partial charge in [-0.2, -0.15) is 0 Å². The van der Waals surface area contributed by atoms with Crippen LogP contribution in [0.5, 0.6) is 0 Å². The van der Waals surface area contributed by atoms with Crippen LogP contribution in [0.25, 0.3) is 0 Å². The van der Waals surface area contributed by atoms with Gasteiger partial charge in [-0.25, -0.2) is 0 Å². The molecule has 2 rings (SSSR count). The van der Waals surface area contributed by atoms with Gasteiger partial charge in [-0.1, -0.05) is 26.7 Å². The average Bonchev–Trinajstić information content (AvgIpc) is 2.81. The minimum atomic E-state index is 0.555. The third kappa shape index (κ3) is 4.17. The Labute approximate surface area is 119 Å². The zero-order valence-electron chi connectivity index (χ0n) is 13.4. The zero-order valence-corrected chi connectivity index (χ0v) is 13.4. The Kier molecular flexibility index (Phi) is 5.27. The highest BCUT2D eigenvalue weighted by molar-refractivity contribution is 4.91. The van der Waals surface area contributed by atoms with Crippen molar-refractivity contribution in [2.24, 2.45) is 5.41 Å². The summed E-state index contributed by atoms with van der Waals surface area (Å²) >= 11 is 0. The normalized spacial score (nSPS) is 29.2. The van der Waals surface area contributed by atoms with Crippen molar-refractivity contribution in [1.82, 2.24) is 15.1 Å². The summed E-state index contributed by atoms with van der Waals surface area (Å²) < 4.78 is 0. The molecule has 1 saturated carbocycles. The third-order valence-electron chi connectivity index (χ3n) is 5.15. The van der Waals surface area contributed by atoms with Gasteiger partial charge in [0.25, 0.3) is 0 Å². The lowest BCUT2D eigenvalue weighted by molar-refractivity contribution is 0.0646. The van der Waals surface area contributed by atoms with Crippen LogP contribution in [-0.4, -0.2) is 61.7 Å². The molecule has 1 heterocycles. The van der Waals surface area contributed by atoms with Gasteiger partial charge in [0.05, 0.1) is 0 Å². The van der Waals surface area contributed by atoms with Gasteiger partial charge in [0.2, 0.25) is 0 Å². The predicted octanol–water partition coefficient (Wildman–Crippen LogP) is 2.18. The molecule has 0 bridgehead atoms. The van der Waals surface area contributed by atoms with Crippen LogP contribution in [0.3, 0.4) is 0 Å². The van der Waals surface area contributed by atoms with E-state index >= 15 is 0 Å². The highest BCUT2D eigenvalue weighted by Gasteiger charge is 2.36. The van der Waals surface area contributed by atoms with E-state index in [1.165, 1.54) is 58.4 Å². The molecule has 1 unspecified atom stereocenters. The molecule has 1 atom stereocenters. The van der Waals surface area contributed by atoms with Crippen molar-refractivity contribution in [3.05, 3.63) is 0 Å². The molecule has 112 valence electrons. The van der Waals surface area contributed by atoms with E-state index in [-0.39, 0.29) is 0 Å². The number of likely N-dealkylation sites (N-methyl/N-ethyl adjacent to an activating group) is 1. The molecule has 0 radical (unpaired) electrons. The second kappa shape index (κ2) is 6.55. The summed E-state index contributed by atoms with van der Waals surface area (Å²) in [5.41, 5.74) is 0.555. The maximum Gasteiger partial charge on any atom is 0.0192 e. The number of hydrogen-bond acceptors (Lipinski definition) is 3. The summed E-state index contributed by atoms with van der Waals surface area (Å²) in [5.74, 6) is 0. The fourth-order valence-corrected chi connectivity index (χ4v) is 3.68. The van der Waals surface area contributed by atoms with Crippen LogP contribution in [0, 0.1) is 5.41 Å². The van der Waals surface area contributed by atoms with Gasteiger partial charge in [0.15, 0.2) is 0 Å². The Hall–Kier alpha value is -0.120. The lowest BCUT2D eigenvalue weighted by atomic mass is 9.84. The van der Waals surface area contributed by atoms with E-state index in [1.54, 1.807) is 0 Å². The van der Waals surface area contributed by atoms with Crippen molar-refractivity contribution >= 4 is 0 Å². The van der Waals surface area contributed by atoms with E-state index < -0.39 is 0 Å². The van der Waals surface area contributed by atoms with Crippen LogP contribution in [0.1, 0.15) is 46.5 Å². The average molecular weight is 267 g/mol. The minimum absolute atomic E-state index is 0.555. The second-order valence-corrected chi connectivity index (χ2v) is 7.31. The number of nitrogens with zero attached hydrogens (tertiary/aromatic N) is 2. The quantitative estimate of drug-likeness (QED) is 0.824. The highest BCUT2D eigenvalue weighted by atomic mass is 15.3. The predicted molar refractivity (Wildman–Crippen MR) is 82.6 cm³/mol. The summed E-state index contributed by atoms with van der Waals surface area (Å²) in [6.07, 6.45) is 5.72. The Bertz CT molecular complexity index is 271. The molecule has 0 spiro atoms. The molecule has 0 aromatic rings. The van der Waals surface area contributed by atoms with E-state index in [9.17, 15) is 0 Å². The smallest absolute Gasteiger partial charge is 0.0192 e. The van der Waals surface area contributed by atoms with Gasteiger partial charge >= 0.3 is 0 Å². The first-order chi connectivity index (χ1) is 9.01. The van der Waals surface area contributed by atoms with Crippen LogP contribution in [0.2, 0.25) is 0 Å². The van der Waals surface area contributed by atoms with Gasteiger partial charge in [-0.3, -0.25) is 4.90 Å². The zero-order chi connectivity index (χ0) is 13.9. The standard InChI is InChI=1S/C16H33N3/c1-14(2)17-12-16(7-5-6-8-16)13-19-10-9-18(4)15(3)11-19/h14-15,17H,5-13H2,1-4H3. The van der Waals surface area contributed by atoms with Crippen LogP contribution in [0.15, 0.2) is 0 Å². The Morgan fingerprint density at radius 1 is 1.21 bits per heavy atom. The first-order valence-corrected chi connectivity index (χ1v) is 8.17. The van der Waals surface area contributed by atoms with E-state index in [1.807, 2.05) is 0 Å². The molecule has 1 aliphatic heterocycles. The number of rotatable bonds is 5. The van der Waals surface area contributed by atoms with Crippen LogP contribution in [-0.2, 0) is 0 Å². The van der Waals surface area contributed by atoms with E-state index in [0.29, 0.717) is 17.5 Å². The van der Waals surface area contributed by atoms with Gasteiger partial charge in [-0.15, -0.1) is 0 Å². The first kappa shape index (κ1) is 15.3. The Balaban J connectivity index is 1.89. The molecule has 3 heteroatoms. The summed E-state index contributed by atoms with van der Waals surface area (Å²) in [6, 6.07) is 1.33. The summed E-state index contributed by atoms with van der Waals surface area (Å²) in [4.78, 5) is 5.21. The monoisotopic (exact) mass is 267 g/mol. The molecule has 0 aromatic heterocycles. The summed E-state index contributed by atoms with van der Waals surface area (Å²) in [5, 5.41) is 3.70. The van der Waals surface area contributed by atoms with Crippen molar-refractivity contribution in [2.45, 2.75) is 58.5 Å². The molecule has 3 nitrogen and oxygen atoms in total. The minimum Gasteiger partial charge on any atom is -0.314 e. The lowest BCUT2D eigenvalue weighted by Crippen LogP contribution is -2.54. The number of nitrogens with one attached hydrogen (secondary N) is 1. The molecule has 1 N–H and O–H groups in total. The van der Waals surface area contributed by atoms with Crippen molar-refractivity contribution in [3.63, 3.8) is 0 Å². The molecular weight excluding hydrogens is 234 g/mol. The number of piperazine rings is 1. The fourth-order valence-electron chi connectivity index (χ4n) is 3.68. The fraction of sp³-hybridized carbons (Fsp3) is 1.00. The molecular formula is C16H33N3. The maximum atomic E-state index is 3.70.